The van der Waals surface area contributed by atoms with E-state index >= 15 is 0 Å². The summed E-state index contributed by atoms with van der Waals surface area (Å²) >= 11 is 0. The summed E-state index contributed by atoms with van der Waals surface area (Å²) in [5.41, 5.74) is 0.333. The molecule has 7 nitrogen and oxygen atoms in total. The van der Waals surface area contributed by atoms with Crippen molar-refractivity contribution in [1.29, 1.82) is 0 Å². The van der Waals surface area contributed by atoms with Gasteiger partial charge in [0.1, 0.15) is 23.4 Å². The molecule has 1 fully saturated rings. The Morgan fingerprint density at radius 3 is 2.54 bits per heavy atom. The molecule has 0 aliphatic carbocycles. The zero-order valence-corrected chi connectivity index (χ0v) is 20.1. The minimum absolute atomic E-state index is 0.110. The number of halogens is 4. The summed E-state index contributed by atoms with van der Waals surface area (Å²) in [7, 11) is -4.11. The van der Waals surface area contributed by atoms with Gasteiger partial charge in [0.05, 0.1) is 30.3 Å². The molecule has 0 spiro atoms. The minimum atomic E-state index is -4.54. The van der Waals surface area contributed by atoms with Crippen molar-refractivity contribution < 1.29 is 40.2 Å². The van der Waals surface area contributed by atoms with E-state index in [0.29, 0.717) is 30.6 Å². The van der Waals surface area contributed by atoms with Crippen LogP contribution in [-0.4, -0.2) is 39.3 Å². The second-order valence-corrected chi connectivity index (χ2v) is 10.4. The zero-order chi connectivity index (χ0) is 26.2. The Morgan fingerprint density at radius 2 is 1.81 bits per heavy atom. The van der Waals surface area contributed by atoms with Gasteiger partial charge < -0.3 is 14.2 Å². The number of ether oxygens (including phenoxy) is 3. The lowest BCUT2D eigenvalue weighted by Gasteiger charge is -2.29. The number of pyridine rings is 1. The molecule has 3 heterocycles. The van der Waals surface area contributed by atoms with Crippen LogP contribution in [0.15, 0.2) is 59.5 Å². The third-order valence-electron chi connectivity index (χ3n) is 6.19. The molecule has 2 aliphatic rings. The molecule has 12 heteroatoms. The van der Waals surface area contributed by atoms with Gasteiger partial charge in [-0.1, -0.05) is 18.2 Å². The van der Waals surface area contributed by atoms with Crippen molar-refractivity contribution in [3.8, 4) is 11.5 Å². The minimum Gasteiger partial charge on any atom is -0.493 e. The van der Waals surface area contributed by atoms with Gasteiger partial charge in [0.15, 0.2) is 0 Å². The van der Waals surface area contributed by atoms with Crippen LogP contribution < -0.4 is 14.2 Å². The molecule has 1 saturated heterocycles. The molecular formula is C25H22F4N2O5S. The van der Waals surface area contributed by atoms with Crippen molar-refractivity contribution in [3.05, 3.63) is 77.2 Å². The smallest absolute Gasteiger partial charge is 0.416 e. The van der Waals surface area contributed by atoms with Crippen LogP contribution in [0.5, 0.6) is 11.5 Å². The molecule has 3 aromatic rings. The summed E-state index contributed by atoms with van der Waals surface area (Å²) in [4.78, 5) is 3.37. The Balaban J connectivity index is 1.48. The fraction of sp³-hybridized carbons (Fsp3) is 0.320. The zero-order valence-electron chi connectivity index (χ0n) is 19.3. The third-order valence-corrected chi connectivity index (χ3v) is 7.54. The number of rotatable bonds is 6. The van der Waals surface area contributed by atoms with Gasteiger partial charge in [0.2, 0.25) is 5.95 Å². The molecule has 0 saturated carbocycles. The largest absolute Gasteiger partial charge is 0.493 e. The van der Waals surface area contributed by atoms with Gasteiger partial charge in [0, 0.05) is 29.5 Å². The second-order valence-electron chi connectivity index (χ2n) is 8.69. The van der Waals surface area contributed by atoms with E-state index in [4.69, 9.17) is 14.2 Å². The van der Waals surface area contributed by atoms with Crippen LogP contribution in [0.1, 0.15) is 35.4 Å². The van der Waals surface area contributed by atoms with Gasteiger partial charge in [-0.05, 0) is 36.8 Å². The van der Waals surface area contributed by atoms with E-state index in [1.54, 1.807) is 6.07 Å². The molecule has 2 aromatic carbocycles. The summed E-state index contributed by atoms with van der Waals surface area (Å²) in [5, 5.41) is 0. The normalized spacial score (nSPS) is 19.7. The van der Waals surface area contributed by atoms with Crippen molar-refractivity contribution in [2.75, 3.05) is 24.5 Å². The van der Waals surface area contributed by atoms with E-state index in [1.807, 2.05) is 0 Å². The first-order valence-corrected chi connectivity index (χ1v) is 13.0. The Kier molecular flexibility index (Phi) is 6.71. The highest BCUT2D eigenvalue weighted by Gasteiger charge is 2.34. The predicted molar refractivity (Wildman–Crippen MR) is 125 cm³/mol. The molecule has 2 atom stereocenters. The topological polar surface area (TPSA) is 86.8 Å². The summed E-state index contributed by atoms with van der Waals surface area (Å²) < 4.78 is 98.6. The molecule has 0 radical (unpaired) electrons. The van der Waals surface area contributed by atoms with Crippen LogP contribution >= 0.6 is 0 Å². The maximum absolute atomic E-state index is 13.4. The predicted octanol–water partition coefficient (Wildman–Crippen LogP) is 5.12. The first kappa shape index (κ1) is 25.3. The number of nitrogens with one attached hydrogen (secondary N) is 1. The van der Waals surface area contributed by atoms with Gasteiger partial charge >= 0.3 is 6.18 Å². The summed E-state index contributed by atoms with van der Waals surface area (Å²) in [5.74, 6) is -1.02. The molecule has 37 heavy (non-hydrogen) atoms. The highest BCUT2D eigenvalue weighted by molar-refractivity contribution is 7.92. The lowest BCUT2D eigenvalue weighted by Crippen LogP contribution is -2.21. The Labute approximate surface area is 210 Å². The lowest BCUT2D eigenvalue weighted by molar-refractivity contribution is -0.137. The third kappa shape index (κ3) is 5.49. The second kappa shape index (κ2) is 9.82. The molecule has 2 aliphatic heterocycles. The number of nitrogens with zero attached hydrogens (tertiary/aromatic N) is 1. The van der Waals surface area contributed by atoms with Gasteiger partial charge in [-0.3, -0.25) is 4.72 Å². The summed E-state index contributed by atoms with van der Waals surface area (Å²) in [6.07, 6.45) is -3.89. The van der Waals surface area contributed by atoms with Gasteiger partial charge in [-0.2, -0.15) is 17.6 Å². The summed E-state index contributed by atoms with van der Waals surface area (Å²) in [6.45, 7) is 0.969. The lowest BCUT2D eigenvalue weighted by atomic mass is 9.85. The van der Waals surface area contributed by atoms with Gasteiger partial charge in [0.25, 0.3) is 10.0 Å². The van der Waals surface area contributed by atoms with E-state index in [9.17, 15) is 26.0 Å². The highest BCUT2D eigenvalue weighted by Crippen LogP contribution is 2.44. The monoisotopic (exact) mass is 538 g/mol. The fourth-order valence-electron chi connectivity index (χ4n) is 4.41. The van der Waals surface area contributed by atoms with Crippen LogP contribution in [0.4, 0.5) is 23.4 Å². The average molecular weight is 539 g/mol. The van der Waals surface area contributed by atoms with Gasteiger partial charge in [-0.15, -0.1) is 0 Å². The van der Waals surface area contributed by atoms with Crippen LogP contribution in [0.2, 0.25) is 0 Å². The average Bonchev–Trinajstić information content (AvgIpc) is 3.36. The standard InChI is InChI=1S/C25H22F4N2O5S/c26-23-2-1-3-24(30-23)31-37(32,33)17-5-7-19-18(9-11-35-21(19)13-17)20-6-4-15(25(27,28)29)12-22(20)36-16-8-10-34-14-16/h1-7,12-13,16,18H,8-11,14H2,(H,30,31)/t16-,18+/m0/s1. The first-order valence-electron chi connectivity index (χ1n) is 11.5. The van der Waals surface area contributed by atoms with E-state index in [-0.39, 0.29) is 41.5 Å². The fourth-order valence-corrected chi connectivity index (χ4v) is 5.42. The summed E-state index contributed by atoms with van der Waals surface area (Å²) in [6, 6.07) is 11.4. The van der Waals surface area contributed by atoms with Crippen LogP contribution in [-0.2, 0) is 20.9 Å². The number of hydrogen-bond donors (Lipinski definition) is 1. The number of fused-ring (bicyclic) bond motifs is 1. The molecule has 5 rings (SSSR count). The van der Waals surface area contributed by atoms with Crippen LogP contribution in [0.25, 0.3) is 0 Å². The number of aromatic nitrogens is 1. The van der Waals surface area contributed by atoms with Crippen LogP contribution in [0, 0.1) is 5.95 Å². The van der Waals surface area contributed by atoms with Crippen molar-refractivity contribution in [3.63, 3.8) is 0 Å². The quantitative estimate of drug-likeness (QED) is 0.346. The van der Waals surface area contributed by atoms with Crippen LogP contribution in [0.3, 0.4) is 0 Å². The maximum Gasteiger partial charge on any atom is 0.416 e. The number of alkyl halides is 3. The van der Waals surface area contributed by atoms with Crippen molar-refractivity contribution in [2.24, 2.45) is 0 Å². The van der Waals surface area contributed by atoms with E-state index < -0.39 is 33.6 Å². The molecule has 1 aromatic heterocycles. The maximum atomic E-state index is 13.4. The highest BCUT2D eigenvalue weighted by atomic mass is 32.2. The first-order chi connectivity index (χ1) is 17.6. The Bertz CT molecular complexity index is 1410. The molecular weight excluding hydrogens is 516 g/mol. The van der Waals surface area contributed by atoms with Crippen molar-refractivity contribution in [2.45, 2.75) is 35.9 Å². The number of anilines is 1. The SMILES string of the molecule is O=S(=O)(Nc1cccc(F)n1)c1ccc2c(c1)OCC[C@H]2c1ccc(C(F)(F)F)cc1O[C@H]1CCOC1. The van der Waals surface area contributed by atoms with Crippen molar-refractivity contribution in [1.82, 2.24) is 4.98 Å². The van der Waals surface area contributed by atoms with E-state index in [2.05, 4.69) is 9.71 Å². The number of hydrogen-bond acceptors (Lipinski definition) is 6. The number of sulfonamides is 1. The molecule has 1 N–H and O–H groups in total. The van der Waals surface area contributed by atoms with Gasteiger partial charge in [-0.25, -0.2) is 13.4 Å². The molecule has 0 unspecified atom stereocenters. The molecule has 196 valence electrons. The Hall–Kier alpha value is -3.38. The Morgan fingerprint density at radius 1 is 1.00 bits per heavy atom. The molecule has 0 bridgehead atoms. The van der Waals surface area contributed by atoms with Crippen molar-refractivity contribution >= 4 is 15.8 Å². The number of benzene rings is 2. The molecule has 0 amide bonds. The van der Waals surface area contributed by atoms with E-state index in [0.717, 1.165) is 18.2 Å². The van der Waals surface area contributed by atoms with E-state index in [1.165, 1.54) is 30.3 Å².